The van der Waals surface area contributed by atoms with Gasteiger partial charge in [-0.2, -0.15) is 0 Å². The van der Waals surface area contributed by atoms with Crippen LogP contribution in [0.2, 0.25) is 0 Å². The number of hydrogen-bond donors (Lipinski definition) is 2. The van der Waals surface area contributed by atoms with Gasteiger partial charge in [0.05, 0.1) is 12.6 Å². The van der Waals surface area contributed by atoms with Gasteiger partial charge >= 0.3 is 0 Å². The second kappa shape index (κ2) is 6.15. The van der Waals surface area contributed by atoms with Crippen LogP contribution in [0.3, 0.4) is 0 Å². The predicted octanol–water partition coefficient (Wildman–Crippen LogP) is 0.732. The Labute approximate surface area is 119 Å². The summed E-state index contributed by atoms with van der Waals surface area (Å²) in [6.07, 6.45) is 0.654. The zero-order chi connectivity index (χ0) is 14.7. The Bertz CT molecular complexity index is 516. The van der Waals surface area contributed by atoms with Gasteiger partial charge in [-0.3, -0.25) is 19.8 Å². The summed E-state index contributed by atoms with van der Waals surface area (Å²) in [6.45, 7) is 4.55. The monoisotopic (exact) mass is 275 g/mol. The van der Waals surface area contributed by atoms with Gasteiger partial charge in [-0.1, -0.05) is 31.2 Å². The average molecular weight is 275 g/mol. The van der Waals surface area contributed by atoms with Crippen molar-refractivity contribution in [3.8, 4) is 0 Å². The van der Waals surface area contributed by atoms with Crippen molar-refractivity contribution < 1.29 is 9.59 Å². The molecule has 5 nitrogen and oxygen atoms in total. The van der Waals surface area contributed by atoms with Gasteiger partial charge < -0.3 is 5.73 Å². The molecule has 2 unspecified atom stereocenters. The van der Waals surface area contributed by atoms with Crippen LogP contribution < -0.4 is 11.1 Å². The van der Waals surface area contributed by atoms with Crippen molar-refractivity contribution in [2.24, 2.45) is 5.73 Å². The maximum Gasteiger partial charge on any atom is 0.243 e. The SMILES string of the molecule is CCC1C(=O)NC(=O)CN1C(CN)c1ccccc1C. The van der Waals surface area contributed by atoms with Gasteiger partial charge in [-0.05, 0) is 24.5 Å². The lowest BCUT2D eigenvalue weighted by Gasteiger charge is -2.39. The molecule has 0 saturated carbocycles. The molecule has 0 aliphatic carbocycles. The largest absolute Gasteiger partial charge is 0.329 e. The minimum absolute atomic E-state index is 0.115. The third-order valence-electron chi connectivity index (χ3n) is 3.85. The average Bonchev–Trinajstić information content (AvgIpc) is 2.41. The van der Waals surface area contributed by atoms with Crippen molar-refractivity contribution in [1.29, 1.82) is 0 Å². The molecule has 2 atom stereocenters. The molecule has 5 heteroatoms. The molecule has 0 bridgehead atoms. The topological polar surface area (TPSA) is 75.4 Å². The zero-order valence-corrected chi connectivity index (χ0v) is 11.9. The van der Waals surface area contributed by atoms with Crippen LogP contribution in [0.15, 0.2) is 24.3 Å². The van der Waals surface area contributed by atoms with Gasteiger partial charge in [-0.25, -0.2) is 0 Å². The number of carbonyl (C=O) groups is 2. The molecule has 1 aromatic carbocycles. The standard InChI is InChI=1S/C15H21N3O2/c1-3-12-15(20)17-14(19)9-18(12)13(8-16)11-7-5-4-6-10(11)2/h4-7,12-13H,3,8-9,16H2,1-2H3,(H,17,19,20). The lowest BCUT2D eigenvalue weighted by molar-refractivity contribution is -0.141. The number of benzene rings is 1. The highest BCUT2D eigenvalue weighted by Crippen LogP contribution is 2.27. The third-order valence-corrected chi connectivity index (χ3v) is 3.85. The highest BCUT2D eigenvalue weighted by Gasteiger charge is 2.37. The van der Waals surface area contributed by atoms with E-state index in [1.807, 2.05) is 43.0 Å². The number of nitrogens with zero attached hydrogens (tertiary/aromatic N) is 1. The van der Waals surface area contributed by atoms with Crippen LogP contribution >= 0.6 is 0 Å². The summed E-state index contributed by atoms with van der Waals surface area (Å²) in [5, 5.41) is 2.39. The lowest BCUT2D eigenvalue weighted by Crippen LogP contribution is -2.59. The van der Waals surface area contributed by atoms with Gasteiger partial charge in [0.1, 0.15) is 0 Å². The van der Waals surface area contributed by atoms with E-state index in [0.717, 1.165) is 11.1 Å². The highest BCUT2D eigenvalue weighted by atomic mass is 16.2. The van der Waals surface area contributed by atoms with E-state index in [4.69, 9.17) is 5.73 Å². The minimum atomic E-state index is -0.305. The van der Waals surface area contributed by atoms with E-state index in [1.165, 1.54) is 0 Å². The highest BCUT2D eigenvalue weighted by molar-refractivity contribution is 6.01. The second-order valence-electron chi connectivity index (χ2n) is 5.12. The predicted molar refractivity (Wildman–Crippen MR) is 76.9 cm³/mol. The van der Waals surface area contributed by atoms with Gasteiger partial charge in [0.2, 0.25) is 11.8 Å². The van der Waals surface area contributed by atoms with Gasteiger partial charge in [0, 0.05) is 12.6 Å². The first-order valence-electron chi connectivity index (χ1n) is 6.93. The van der Waals surface area contributed by atoms with Crippen LogP contribution in [0.25, 0.3) is 0 Å². The third kappa shape index (κ3) is 2.73. The summed E-state index contributed by atoms with van der Waals surface area (Å²) in [5.41, 5.74) is 8.13. The molecular formula is C15H21N3O2. The van der Waals surface area contributed by atoms with Crippen molar-refractivity contribution in [1.82, 2.24) is 10.2 Å². The summed E-state index contributed by atoms with van der Waals surface area (Å²) >= 11 is 0. The summed E-state index contributed by atoms with van der Waals surface area (Å²) < 4.78 is 0. The number of piperazine rings is 1. The van der Waals surface area contributed by atoms with E-state index in [0.29, 0.717) is 13.0 Å². The van der Waals surface area contributed by atoms with Gasteiger partial charge in [-0.15, -0.1) is 0 Å². The molecule has 2 amide bonds. The Kier molecular flexibility index (Phi) is 4.52. The second-order valence-corrected chi connectivity index (χ2v) is 5.12. The Morgan fingerprint density at radius 3 is 2.70 bits per heavy atom. The van der Waals surface area contributed by atoms with E-state index in [2.05, 4.69) is 5.32 Å². The lowest BCUT2D eigenvalue weighted by atomic mass is 9.96. The fraction of sp³-hybridized carbons (Fsp3) is 0.467. The van der Waals surface area contributed by atoms with E-state index in [-0.39, 0.29) is 30.4 Å². The Hall–Kier alpha value is -1.72. The normalized spacial score (nSPS) is 21.6. The molecule has 1 heterocycles. The Morgan fingerprint density at radius 2 is 2.10 bits per heavy atom. The van der Waals surface area contributed by atoms with E-state index >= 15 is 0 Å². The van der Waals surface area contributed by atoms with Gasteiger partial charge in [0.15, 0.2) is 0 Å². The fourth-order valence-electron chi connectivity index (χ4n) is 2.84. The number of carbonyl (C=O) groups excluding carboxylic acids is 2. The van der Waals surface area contributed by atoms with E-state index < -0.39 is 0 Å². The minimum Gasteiger partial charge on any atom is -0.329 e. The van der Waals surface area contributed by atoms with Crippen LogP contribution in [0.1, 0.15) is 30.5 Å². The summed E-state index contributed by atoms with van der Waals surface area (Å²) in [7, 11) is 0. The molecule has 3 N–H and O–H groups in total. The number of hydrogen-bond acceptors (Lipinski definition) is 4. The summed E-state index contributed by atoms with van der Waals surface area (Å²) in [5.74, 6) is -0.484. The first kappa shape index (κ1) is 14.7. The molecule has 1 aliphatic rings. The number of rotatable bonds is 4. The number of nitrogens with two attached hydrogens (primary N) is 1. The van der Waals surface area contributed by atoms with Crippen molar-refractivity contribution in [2.45, 2.75) is 32.4 Å². The van der Waals surface area contributed by atoms with Crippen LogP contribution in [0.5, 0.6) is 0 Å². The quantitative estimate of drug-likeness (QED) is 0.794. The van der Waals surface area contributed by atoms with Crippen LogP contribution in [0.4, 0.5) is 0 Å². The molecule has 20 heavy (non-hydrogen) atoms. The maximum absolute atomic E-state index is 12.0. The van der Waals surface area contributed by atoms with Crippen molar-refractivity contribution in [3.63, 3.8) is 0 Å². The molecule has 0 radical (unpaired) electrons. The summed E-state index contributed by atoms with van der Waals surface area (Å²) in [6, 6.07) is 7.54. The Morgan fingerprint density at radius 1 is 1.40 bits per heavy atom. The molecule has 2 rings (SSSR count). The zero-order valence-electron chi connectivity index (χ0n) is 11.9. The summed E-state index contributed by atoms with van der Waals surface area (Å²) in [4.78, 5) is 25.6. The van der Waals surface area contributed by atoms with Gasteiger partial charge in [0.25, 0.3) is 0 Å². The number of aryl methyl sites for hydroxylation is 1. The van der Waals surface area contributed by atoms with E-state index in [1.54, 1.807) is 0 Å². The molecule has 108 valence electrons. The van der Waals surface area contributed by atoms with Crippen LogP contribution in [-0.4, -0.2) is 35.8 Å². The molecule has 1 aromatic rings. The first-order chi connectivity index (χ1) is 9.58. The first-order valence-corrected chi connectivity index (χ1v) is 6.93. The van der Waals surface area contributed by atoms with Crippen molar-refractivity contribution in [3.05, 3.63) is 35.4 Å². The molecule has 0 spiro atoms. The Balaban J connectivity index is 2.36. The van der Waals surface area contributed by atoms with Crippen LogP contribution in [-0.2, 0) is 9.59 Å². The fourth-order valence-corrected chi connectivity index (χ4v) is 2.84. The number of amides is 2. The van der Waals surface area contributed by atoms with E-state index in [9.17, 15) is 9.59 Å². The van der Waals surface area contributed by atoms with Crippen molar-refractivity contribution in [2.75, 3.05) is 13.1 Å². The molecule has 1 saturated heterocycles. The maximum atomic E-state index is 12.0. The molecule has 1 aliphatic heterocycles. The number of nitrogens with one attached hydrogen (secondary N) is 1. The molecule has 0 aromatic heterocycles. The van der Waals surface area contributed by atoms with Crippen LogP contribution in [0, 0.1) is 6.92 Å². The molecule has 1 fully saturated rings. The van der Waals surface area contributed by atoms with Crippen molar-refractivity contribution >= 4 is 11.8 Å². The molecular weight excluding hydrogens is 254 g/mol. The number of imide groups is 1. The smallest absolute Gasteiger partial charge is 0.243 e.